The van der Waals surface area contributed by atoms with Crippen LogP contribution in [0.2, 0.25) is 5.02 Å². The number of likely N-dealkylation sites (N-methyl/N-ethyl adjacent to an activating group) is 1. The van der Waals surface area contributed by atoms with E-state index in [0.717, 1.165) is 17.6 Å². The first-order valence-electron chi connectivity index (χ1n) is 5.02. The van der Waals surface area contributed by atoms with Crippen LogP contribution < -0.4 is 5.32 Å². The van der Waals surface area contributed by atoms with Gasteiger partial charge in [-0.25, -0.2) is 0 Å². The van der Waals surface area contributed by atoms with Gasteiger partial charge in [-0.15, -0.1) is 12.4 Å². The van der Waals surface area contributed by atoms with Crippen molar-refractivity contribution in [3.63, 3.8) is 0 Å². The Balaban J connectivity index is 0.00000144. The van der Waals surface area contributed by atoms with Gasteiger partial charge in [0, 0.05) is 30.2 Å². The fourth-order valence-corrected chi connectivity index (χ4v) is 2.04. The monoisotopic (exact) mass is 338 g/mol. The molecular weight excluding hydrogens is 327 g/mol. The predicted molar refractivity (Wildman–Crippen MR) is 75.2 cm³/mol. The number of hydrogen-bond donors (Lipinski definition) is 1. The third kappa shape index (κ3) is 3.13. The Morgan fingerprint density at radius 1 is 1.53 bits per heavy atom. The number of halogens is 3. The quantitative estimate of drug-likeness (QED) is 0.898. The van der Waals surface area contributed by atoms with E-state index in [0.29, 0.717) is 16.6 Å². The van der Waals surface area contributed by atoms with Crippen LogP contribution in [0.25, 0.3) is 0 Å². The fraction of sp³-hybridized carbons (Fsp3) is 0.364. The average molecular weight is 340 g/mol. The van der Waals surface area contributed by atoms with E-state index in [1.54, 1.807) is 23.1 Å². The highest BCUT2D eigenvalue weighted by Crippen LogP contribution is 2.24. The normalized spacial score (nSPS) is 14.8. The molecule has 0 spiro atoms. The summed E-state index contributed by atoms with van der Waals surface area (Å²) in [6.45, 7) is 1.74. The summed E-state index contributed by atoms with van der Waals surface area (Å²) in [4.78, 5) is 13.8. The summed E-state index contributed by atoms with van der Waals surface area (Å²) in [5, 5.41) is 3.76. The van der Waals surface area contributed by atoms with Gasteiger partial charge < -0.3 is 10.2 Å². The van der Waals surface area contributed by atoms with Gasteiger partial charge >= 0.3 is 0 Å². The van der Waals surface area contributed by atoms with Crippen molar-refractivity contribution in [2.75, 3.05) is 20.1 Å². The molecule has 0 unspecified atom stereocenters. The number of nitrogens with zero attached hydrogens (tertiary/aromatic N) is 1. The van der Waals surface area contributed by atoms with Crippen molar-refractivity contribution in [1.82, 2.24) is 10.2 Å². The minimum Gasteiger partial charge on any atom is -0.336 e. The van der Waals surface area contributed by atoms with Crippen LogP contribution in [0.4, 0.5) is 0 Å². The molecule has 0 aliphatic carbocycles. The summed E-state index contributed by atoms with van der Waals surface area (Å²) in [6.07, 6.45) is 0. The number of carbonyl (C=O) groups excluding carboxylic acids is 1. The number of nitrogens with one attached hydrogen (secondary N) is 1. The number of hydrogen-bond acceptors (Lipinski definition) is 2. The van der Waals surface area contributed by atoms with Gasteiger partial charge in [-0.3, -0.25) is 4.79 Å². The first-order valence-corrected chi connectivity index (χ1v) is 6.19. The molecular formula is C11H13BrCl2N2O. The summed E-state index contributed by atoms with van der Waals surface area (Å²) in [5.74, 6) is 0.0314. The van der Waals surface area contributed by atoms with E-state index in [2.05, 4.69) is 21.2 Å². The van der Waals surface area contributed by atoms with Crippen LogP contribution in [0.15, 0.2) is 22.7 Å². The van der Waals surface area contributed by atoms with E-state index in [1.807, 2.05) is 7.05 Å². The van der Waals surface area contributed by atoms with Gasteiger partial charge in [-0.2, -0.15) is 0 Å². The lowest BCUT2D eigenvalue weighted by Crippen LogP contribution is -2.57. The van der Waals surface area contributed by atoms with Gasteiger partial charge in [-0.1, -0.05) is 11.6 Å². The minimum atomic E-state index is 0. The molecule has 1 aliphatic heterocycles. The van der Waals surface area contributed by atoms with E-state index in [1.165, 1.54) is 0 Å². The molecule has 0 radical (unpaired) electrons. The molecule has 3 nitrogen and oxygen atoms in total. The molecule has 1 aromatic carbocycles. The van der Waals surface area contributed by atoms with Crippen LogP contribution in [0, 0.1) is 0 Å². The van der Waals surface area contributed by atoms with Gasteiger partial charge in [0.25, 0.3) is 5.91 Å². The molecule has 0 bridgehead atoms. The first-order chi connectivity index (χ1) is 7.59. The van der Waals surface area contributed by atoms with Gasteiger partial charge in [0.1, 0.15) is 0 Å². The van der Waals surface area contributed by atoms with Crippen LogP contribution in [0.1, 0.15) is 10.4 Å². The predicted octanol–water partition coefficient (Wildman–Crippen LogP) is 2.57. The Morgan fingerprint density at radius 2 is 2.18 bits per heavy atom. The first kappa shape index (κ1) is 14.8. The van der Waals surface area contributed by atoms with Crippen molar-refractivity contribution in [1.29, 1.82) is 0 Å². The molecule has 17 heavy (non-hydrogen) atoms. The zero-order valence-corrected chi connectivity index (χ0v) is 12.4. The molecule has 1 aliphatic rings. The molecule has 0 atom stereocenters. The molecule has 94 valence electrons. The molecule has 6 heteroatoms. The standard InChI is InChI=1S/C11H12BrClN2O.ClH/c1-15(8-5-14-6-8)11(16)7-2-3-10(13)9(12)4-7;/h2-4,8,14H,5-6H2,1H3;1H. The molecule has 1 aromatic rings. The highest BCUT2D eigenvalue weighted by molar-refractivity contribution is 9.10. The summed E-state index contributed by atoms with van der Waals surface area (Å²) < 4.78 is 0.750. The lowest BCUT2D eigenvalue weighted by Gasteiger charge is -2.35. The number of rotatable bonds is 2. The van der Waals surface area contributed by atoms with Crippen molar-refractivity contribution in [2.45, 2.75) is 6.04 Å². The smallest absolute Gasteiger partial charge is 0.253 e. The second kappa shape index (κ2) is 6.05. The molecule has 1 heterocycles. The Bertz CT molecular complexity index is 424. The Morgan fingerprint density at radius 3 is 2.65 bits per heavy atom. The van der Waals surface area contributed by atoms with Crippen LogP contribution in [-0.4, -0.2) is 37.0 Å². The molecule has 1 fully saturated rings. The van der Waals surface area contributed by atoms with Gasteiger partial charge in [0.2, 0.25) is 0 Å². The van der Waals surface area contributed by atoms with E-state index >= 15 is 0 Å². The molecule has 0 aromatic heterocycles. The molecule has 1 N–H and O–H groups in total. The highest BCUT2D eigenvalue weighted by atomic mass is 79.9. The topological polar surface area (TPSA) is 32.3 Å². The Kier molecular flexibility index (Phi) is 5.25. The molecule has 1 saturated heterocycles. The van der Waals surface area contributed by atoms with E-state index in [-0.39, 0.29) is 18.3 Å². The summed E-state index contributed by atoms with van der Waals surface area (Å²) in [5.41, 5.74) is 0.658. The lowest BCUT2D eigenvalue weighted by atomic mass is 10.1. The Hall–Kier alpha value is -0.290. The molecule has 2 rings (SSSR count). The van der Waals surface area contributed by atoms with Crippen molar-refractivity contribution in [3.8, 4) is 0 Å². The number of carbonyl (C=O) groups is 1. The van der Waals surface area contributed by atoms with Crippen molar-refractivity contribution in [2.24, 2.45) is 0 Å². The van der Waals surface area contributed by atoms with E-state index in [4.69, 9.17) is 11.6 Å². The maximum absolute atomic E-state index is 12.1. The average Bonchev–Trinajstić information content (AvgIpc) is 2.18. The largest absolute Gasteiger partial charge is 0.336 e. The third-order valence-electron chi connectivity index (χ3n) is 2.79. The summed E-state index contributed by atoms with van der Waals surface area (Å²) in [7, 11) is 1.83. The number of benzene rings is 1. The SMILES string of the molecule is CN(C(=O)c1ccc(Cl)c(Br)c1)C1CNC1.Cl. The van der Waals surface area contributed by atoms with Gasteiger partial charge in [0.15, 0.2) is 0 Å². The van der Waals surface area contributed by atoms with E-state index in [9.17, 15) is 4.79 Å². The van der Waals surface area contributed by atoms with Crippen LogP contribution in [0.5, 0.6) is 0 Å². The zero-order valence-electron chi connectivity index (χ0n) is 9.24. The van der Waals surface area contributed by atoms with Crippen molar-refractivity contribution >= 4 is 45.8 Å². The number of amides is 1. The van der Waals surface area contributed by atoms with Crippen molar-refractivity contribution < 1.29 is 4.79 Å². The van der Waals surface area contributed by atoms with Gasteiger partial charge in [0.05, 0.1) is 11.1 Å². The highest BCUT2D eigenvalue weighted by Gasteiger charge is 2.26. The summed E-state index contributed by atoms with van der Waals surface area (Å²) >= 11 is 9.20. The van der Waals surface area contributed by atoms with E-state index < -0.39 is 0 Å². The van der Waals surface area contributed by atoms with Crippen LogP contribution >= 0.6 is 39.9 Å². The minimum absolute atomic E-state index is 0. The summed E-state index contributed by atoms with van der Waals surface area (Å²) in [6, 6.07) is 5.54. The van der Waals surface area contributed by atoms with Gasteiger partial charge in [-0.05, 0) is 34.1 Å². The maximum atomic E-state index is 12.1. The Labute approximate surface area is 120 Å². The van der Waals surface area contributed by atoms with Crippen molar-refractivity contribution in [3.05, 3.63) is 33.3 Å². The second-order valence-corrected chi connectivity index (χ2v) is 5.12. The third-order valence-corrected chi connectivity index (χ3v) is 4.01. The zero-order chi connectivity index (χ0) is 11.7. The maximum Gasteiger partial charge on any atom is 0.253 e. The second-order valence-electron chi connectivity index (χ2n) is 3.86. The molecule has 1 amide bonds. The van der Waals surface area contributed by atoms with Crippen LogP contribution in [0.3, 0.4) is 0 Å². The lowest BCUT2D eigenvalue weighted by molar-refractivity contribution is 0.0681. The van der Waals surface area contributed by atoms with Crippen LogP contribution in [-0.2, 0) is 0 Å². The fourth-order valence-electron chi connectivity index (χ4n) is 1.55. The molecule has 0 saturated carbocycles.